The fourth-order valence-electron chi connectivity index (χ4n) is 2.16. The number of benzene rings is 2. The highest BCUT2D eigenvalue weighted by molar-refractivity contribution is 7.97. The summed E-state index contributed by atoms with van der Waals surface area (Å²) in [5.41, 5.74) is 6.14. The van der Waals surface area contributed by atoms with Crippen molar-refractivity contribution in [3.63, 3.8) is 0 Å². The van der Waals surface area contributed by atoms with Crippen LogP contribution < -0.4 is 20.5 Å². The molecule has 0 saturated carbocycles. The molecule has 30 heavy (non-hydrogen) atoms. The summed E-state index contributed by atoms with van der Waals surface area (Å²) in [5, 5.41) is 2.36. The van der Waals surface area contributed by atoms with Crippen LogP contribution in [0.25, 0.3) is 0 Å². The Labute approximate surface area is 177 Å². The Balaban J connectivity index is 1.92. The van der Waals surface area contributed by atoms with E-state index in [2.05, 4.69) is 10.0 Å². The standard InChI is InChI=1S/C18H20N4O6S2/c1-12-5-7-15(8-6-12)30(26,27)22-18(25)20-14-4-2-3-13(11-14)16(23)28-9-10-29-21-17(19)24/h2-8,11H,9-10H2,1H3,(H3,19,21,24)(H2,20,22,25). The number of nitrogens with one attached hydrogen (secondary N) is 3. The van der Waals surface area contributed by atoms with Gasteiger partial charge in [0.05, 0.1) is 10.5 Å². The van der Waals surface area contributed by atoms with E-state index in [0.29, 0.717) is 5.75 Å². The van der Waals surface area contributed by atoms with E-state index in [1.54, 1.807) is 12.1 Å². The van der Waals surface area contributed by atoms with E-state index in [0.717, 1.165) is 17.5 Å². The van der Waals surface area contributed by atoms with E-state index in [1.807, 2.05) is 11.6 Å². The fraction of sp³-hybridized carbons (Fsp3) is 0.167. The number of anilines is 1. The third-order valence-electron chi connectivity index (χ3n) is 3.51. The normalized spacial score (nSPS) is 10.7. The zero-order valence-electron chi connectivity index (χ0n) is 15.9. The maximum absolute atomic E-state index is 12.3. The minimum atomic E-state index is -4.04. The van der Waals surface area contributed by atoms with Crippen molar-refractivity contribution in [2.75, 3.05) is 17.7 Å². The van der Waals surface area contributed by atoms with Crippen molar-refractivity contribution in [3.05, 3.63) is 59.7 Å². The van der Waals surface area contributed by atoms with Gasteiger partial charge in [0.15, 0.2) is 0 Å². The molecule has 10 nitrogen and oxygen atoms in total. The molecule has 0 saturated heterocycles. The zero-order valence-corrected chi connectivity index (χ0v) is 17.5. The van der Waals surface area contributed by atoms with Crippen LogP contribution in [0.4, 0.5) is 15.3 Å². The number of sulfonamides is 1. The minimum absolute atomic E-state index is 0.0245. The second-order valence-corrected chi connectivity index (χ2v) is 8.49. The first-order valence-electron chi connectivity index (χ1n) is 8.52. The first kappa shape index (κ1) is 23.0. The van der Waals surface area contributed by atoms with Crippen LogP contribution >= 0.6 is 11.9 Å². The van der Waals surface area contributed by atoms with Crippen LogP contribution in [0.2, 0.25) is 0 Å². The smallest absolute Gasteiger partial charge is 0.338 e. The van der Waals surface area contributed by atoms with Gasteiger partial charge in [-0.1, -0.05) is 23.8 Å². The minimum Gasteiger partial charge on any atom is -0.461 e. The van der Waals surface area contributed by atoms with Gasteiger partial charge >= 0.3 is 18.0 Å². The second-order valence-electron chi connectivity index (χ2n) is 5.90. The van der Waals surface area contributed by atoms with Gasteiger partial charge in [0, 0.05) is 11.4 Å². The number of ether oxygens (including phenoxy) is 1. The lowest BCUT2D eigenvalue weighted by Crippen LogP contribution is -2.34. The zero-order chi connectivity index (χ0) is 22.1. The fourth-order valence-corrected chi connectivity index (χ4v) is 3.48. The number of hydrogen-bond donors (Lipinski definition) is 4. The largest absolute Gasteiger partial charge is 0.461 e. The molecule has 0 heterocycles. The van der Waals surface area contributed by atoms with Gasteiger partial charge in [0.1, 0.15) is 6.61 Å². The lowest BCUT2D eigenvalue weighted by atomic mass is 10.2. The molecule has 160 valence electrons. The lowest BCUT2D eigenvalue weighted by molar-refractivity contribution is 0.0530. The van der Waals surface area contributed by atoms with Gasteiger partial charge in [-0.25, -0.2) is 27.5 Å². The summed E-state index contributed by atoms with van der Waals surface area (Å²) in [6.45, 7) is 1.84. The number of esters is 1. The highest BCUT2D eigenvalue weighted by atomic mass is 32.2. The van der Waals surface area contributed by atoms with Crippen molar-refractivity contribution in [1.29, 1.82) is 0 Å². The predicted octanol–water partition coefficient (Wildman–Crippen LogP) is 1.98. The molecule has 2 aromatic carbocycles. The summed E-state index contributed by atoms with van der Waals surface area (Å²) in [4.78, 5) is 34.6. The molecule has 0 aliphatic rings. The van der Waals surface area contributed by atoms with E-state index < -0.39 is 28.1 Å². The number of aryl methyl sites for hydroxylation is 1. The molecule has 2 aromatic rings. The lowest BCUT2D eigenvalue weighted by Gasteiger charge is -2.10. The first-order chi connectivity index (χ1) is 14.2. The average Bonchev–Trinajstić information content (AvgIpc) is 2.67. The van der Waals surface area contributed by atoms with Crippen LogP contribution in [-0.2, 0) is 14.8 Å². The van der Waals surface area contributed by atoms with E-state index in [-0.39, 0.29) is 22.8 Å². The van der Waals surface area contributed by atoms with Crippen LogP contribution in [0, 0.1) is 6.92 Å². The molecule has 0 aliphatic heterocycles. The van der Waals surface area contributed by atoms with E-state index in [1.165, 1.54) is 36.4 Å². The third-order valence-corrected chi connectivity index (χ3v) is 5.57. The number of rotatable bonds is 8. The highest BCUT2D eigenvalue weighted by Gasteiger charge is 2.18. The molecular formula is C18H20N4O6S2. The number of amides is 4. The van der Waals surface area contributed by atoms with Crippen molar-refractivity contribution in [1.82, 2.24) is 9.44 Å². The molecule has 4 amide bonds. The van der Waals surface area contributed by atoms with Crippen molar-refractivity contribution in [3.8, 4) is 0 Å². The van der Waals surface area contributed by atoms with Crippen LogP contribution in [0.15, 0.2) is 53.4 Å². The maximum atomic E-state index is 12.3. The Kier molecular flexibility index (Phi) is 8.07. The molecule has 5 N–H and O–H groups in total. The van der Waals surface area contributed by atoms with Crippen LogP contribution in [0.5, 0.6) is 0 Å². The molecular weight excluding hydrogens is 432 g/mol. The average molecular weight is 453 g/mol. The first-order valence-corrected chi connectivity index (χ1v) is 11.0. The van der Waals surface area contributed by atoms with Crippen molar-refractivity contribution in [2.45, 2.75) is 11.8 Å². The topological polar surface area (TPSA) is 157 Å². The quantitative estimate of drug-likeness (QED) is 0.271. The number of carbonyl (C=O) groups excluding carboxylic acids is 3. The molecule has 0 unspecified atom stereocenters. The molecule has 0 bridgehead atoms. The SMILES string of the molecule is Cc1ccc(S(=O)(=O)NC(=O)Nc2cccc(C(=O)OCCSNC(N)=O)c2)cc1. The van der Waals surface area contributed by atoms with Gasteiger partial charge in [0.2, 0.25) is 0 Å². The van der Waals surface area contributed by atoms with Crippen LogP contribution in [-0.4, -0.2) is 38.8 Å². The Morgan fingerprint density at radius 2 is 1.80 bits per heavy atom. The Morgan fingerprint density at radius 3 is 2.47 bits per heavy atom. The number of carbonyl (C=O) groups is 3. The van der Waals surface area contributed by atoms with E-state index >= 15 is 0 Å². The molecule has 0 atom stereocenters. The Bertz CT molecular complexity index is 1030. The number of hydrogen-bond acceptors (Lipinski definition) is 7. The van der Waals surface area contributed by atoms with Gasteiger partial charge in [-0.05, 0) is 49.2 Å². The number of primary amides is 1. The van der Waals surface area contributed by atoms with Gasteiger partial charge in [-0.2, -0.15) is 0 Å². The summed E-state index contributed by atoms with van der Waals surface area (Å²) in [5.74, 6) is -0.350. The molecule has 12 heteroatoms. The molecule has 0 fully saturated rings. The van der Waals surface area contributed by atoms with Gasteiger partial charge < -0.3 is 15.8 Å². The van der Waals surface area contributed by atoms with Crippen LogP contribution in [0.1, 0.15) is 15.9 Å². The molecule has 0 spiro atoms. The summed E-state index contributed by atoms with van der Waals surface area (Å²) in [6, 6.07) is 10.1. The Morgan fingerprint density at radius 1 is 1.10 bits per heavy atom. The highest BCUT2D eigenvalue weighted by Crippen LogP contribution is 2.13. The summed E-state index contributed by atoms with van der Waals surface area (Å²) in [6.07, 6.45) is 0. The van der Waals surface area contributed by atoms with Gasteiger partial charge in [-0.15, -0.1) is 0 Å². The van der Waals surface area contributed by atoms with E-state index in [9.17, 15) is 22.8 Å². The summed E-state index contributed by atoms with van der Waals surface area (Å²) >= 11 is 0.990. The van der Waals surface area contributed by atoms with Gasteiger partial charge in [0.25, 0.3) is 10.0 Å². The second kappa shape index (κ2) is 10.5. The van der Waals surface area contributed by atoms with Gasteiger partial charge in [-0.3, -0.25) is 4.72 Å². The van der Waals surface area contributed by atoms with Crippen molar-refractivity contribution in [2.24, 2.45) is 5.73 Å². The monoisotopic (exact) mass is 452 g/mol. The van der Waals surface area contributed by atoms with E-state index in [4.69, 9.17) is 10.5 Å². The molecule has 0 radical (unpaired) electrons. The third kappa shape index (κ3) is 7.29. The van der Waals surface area contributed by atoms with Crippen molar-refractivity contribution >= 4 is 45.7 Å². The molecule has 0 aliphatic carbocycles. The summed E-state index contributed by atoms with van der Waals surface area (Å²) in [7, 11) is -4.04. The number of nitrogens with two attached hydrogens (primary N) is 1. The molecule has 0 aromatic heterocycles. The van der Waals surface area contributed by atoms with Crippen molar-refractivity contribution < 1.29 is 27.5 Å². The van der Waals surface area contributed by atoms with Crippen LogP contribution in [0.3, 0.4) is 0 Å². The Hall–Kier alpha value is -3.25. The molecule has 2 rings (SSSR count). The predicted molar refractivity (Wildman–Crippen MR) is 112 cm³/mol. The summed E-state index contributed by atoms with van der Waals surface area (Å²) < 4.78 is 33.7. The maximum Gasteiger partial charge on any atom is 0.338 e. The number of urea groups is 2.